The van der Waals surface area contributed by atoms with Crippen molar-refractivity contribution in [3.8, 4) is 5.75 Å². The van der Waals surface area contributed by atoms with Crippen LogP contribution in [0.2, 0.25) is 0 Å². The van der Waals surface area contributed by atoms with Gasteiger partial charge in [0.25, 0.3) is 15.9 Å². The van der Waals surface area contributed by atoms with E-state index in [1.54, 1.807) is 50.4 Å². The molecule has 0 radical (unpaired) electrons. The van der Waals surface area contributed by atoms with Crippen molar-refractivity contribution < 1.29 is 17.9 Å². The first-order valence-corrected chi connectivity index (χ1v) is 11.5. The van der Waals surface area contributed by atoms with Crippen LogP contribution in [0.5, 0.6) is 5.75 Å². The summed E-state index contributed by atoms with van der Waals surface area (Å²) in [6, 6.07) is 20.9. The van der Waals surface area contributed by atoms with Crippen molar-refractivity contribution in [2.45, 2.75) is 24.7 Å². The minimum absolute atomic E-state index is 0.185. The number of nitrogens with one attached hydrogen (secondary N) is 2. The van der Waals surface area contributed by atoms with E-state index in [1.165, 1.54) is 17.7 Å². The molecule has 0 aromatic heterocycles. The molecule has 0 spiro atoms. The zero-order valence-electron chi connectivity index (χ0n) is 17.6. The second-order valence-electron chi connectivity index (χ2n) is 7.16. The summed E-state index contributed by atoms with van der Waals surface area (Å²) in [5, 5.41) is 2.91. The first-order valence-electron chi connectivity index (χ1n) is 9.99. The Bertz CT molecular complexity index is 1130. The van der Waals surface area contributed by atoms with Gasteiger partial charge in [-0.05, 0) is 73.4 Å². The normalized spacial score (nSPS) is 11.0. The number of methoxy groups -OCH3 is 1. The highest BCUT2D eigenvalue weighted by molar-refractivity contribution is 7.92. The van der Waals surface area contributed by atoms with Crippen LogP contribution in [0.25, 0.3) is 0 Å². The monoisotopic (exact) mass is 438 g/mol. The lowest BCUT2D eigenvalue weighted by molar-refractivity contribution is 0.0953. The molecule has 3 aromatic carbocycles. The molecule has 162 valence electrons. The molecule has 2 N–H and O–H groups in total. The largest absolute Gasteiger partial charge is 0.497 e. The average molecular weight is 439 g/mol. The van der Waals surface area contributed by atoms with Gasteiger partial charge in [0.05, 0.1) is 17.7 Å². The van der Waals surface area contributed by atoms with Gasteiger partial charge in [0.15, 0.2) is 0 Å². The van der Waals surface area contributed by atoms with Gasteiger partial charge in [0.1, 0.15) is 5.75 Å². The smallest absolute Gasteiger partial charge is 0.261 e. The van der Waals surface area contributed by atoms with Crippen molar-refractivity contribution in [1.29, 1.82) is 0 Å². The molecule has 0 saturated heterocycles. The quantitative estimate of drug-likeness (QED) is 0.491. The van der Waals surface area contributed by atoms with Gasteiger partial charge in [-0.3, -0.25) is 9.52 Å². The molecule has 1 amide bonds. The molecule has 31 heavy (non-hydrogen) atoms. The summed E-state index contributed by atoms with van der Waals surface area (Å²) in [4.78, 5) is 12.6. The third-order valence-corrected chi connectivity index (χ3v) is 6.25. The van der Waals surface area contributed by atoms with Crippen LogP contribution in [0, 0.1) is 6.92 Å². The summed E-state index contributed by atoms with van der Waals surface area (Å²) in [5.41, 5.74) is 2.79. The first kappa shape index (κ1) is 22.4. The third kappa shape index (κ3) is 6.08. The molecule has 7 heteroatoms. The van der Waals surface area contributed by atoms with E-state index in [4.69, 9.17) is 4.74 Å². The number of carbonyl (C=O) groups excluding carboxylic acids is 1. The van der Waals surface area contributed by atoms with E-state index >= 15 is 0 Å². The van der Waals surface area contributed by atoms with Crippen LogP contribution in [0.3, 0.4) is 0 Å². The summed E-state index contributed by atoms with van der Waals surface area (Å²) in [5.74, 6) is 0.636. The van der Waals surface area contributed by atoms with Crippen LogP contribution in [-0.4, -0.2) is 28.0 Å². The maximum absolute atomic E-state index is 12.5. The molecule has 0 atom stereocenters. The molecule has 3 aromatic rings. The number of carbonyl (C=O) groups is 1. The van der Waals surface area contributed by atoms with Crippen LogP contribution >= 0.6 is 0 Å². The Morgan fingerprint density at radius 1 is 0.968 bits per heavy atom. The second-order valence-corrected chi connectivity index (χ2v) is 8.84. The summed E-state index contributed by atoms with van der Waals surface area (Å²) in [7, 11) is -2.04. The zero-order chi connectivity index (χ0) is 22.3. The molecule has 6 nitrogen and oxygen atoms in total. The Kier molecular flexibility index (Phi) is 7.31. The first-order chi connectivity index (χ1) is 14.9. The van der Waals surface area contributed by atoms with Gasteiger partial charge in [-0.1, -0.05) is 30.3 Å². The lowest BCUT2D eigenvalue weighted by Gasteiger charge is -2.12. The number of hydrogen-bond donors (Lipinski definition) is 2. The summed E-state index contributed by atoms with van der Waals surface area (Å²) in [6.45, 7) is 2.32. The number of benzene rings is 3. The van der Waals surface area contributed by atoms with Crippen molar-refractivity contribution in [2.24, 2.45) is 0 Å². The van der Waals surface area contributed by atoms with E-state index in [0.29, 0.717) is 23.4 Å². The standard InChI is InChI=1S/C24H26N2O4S/c1-18-17-20(12-15-23(18)26-31(28,29)22-8-4-3-5-9-22)24(27)25-16-6-7-19-10-13-21(30-2)14-11-19/h3-5,8-15,17,26H,6-7,16H2,1-2H3,(H,25,27). The van der Waals surface area contributed by atoms with E-state index in [9.17, 15) is 13.2 Å². The molecule has 0 aliphatic heterocycles. The molecule has 0 aliphatic carbocycles. The van der Waals surface area contributed by atoms with E-state index in [1.807, 2.05) is 24.3 Å². The summed E-state index contributed by atoms with van der Waals surface area (Å²) >= 11 is 0. The van der Waals surface area contributed by atoms with Gasteiger partial charge in [-0.25, -0.2) is 8.42 Å². The van der Waals surface area contributed by atoms with Crippen molar-refractivity contribution in [1.82, 2.24) is 5.32 Å². The molecular weight excluding hydrogens is 412 g/mol. The second kappa shape index (κ2) is 10.1. The van der Waals surface area contributed by atoms with Gasteiger partial charge < -0.3 is 10.1 Å². The van der Waals surface area contributed by atoms with Crippen LogP contribution in [0.15, 0.2) is 77.7 Å². The van der Waals surface area contributed by atoms with E-state index in [0.717, 1.165) is 18.6 Å². The lowest BCUT2D eigenvalue weighted by atomic mass is 10.1. The van der Waals surface area contributed by atoms with Crippen molar-refractivity contribution >= 4 is 21.6 Å². The number of anilines is 1. The minimum atomic E-state index is -3.68. The summed E-state index contributed by atoms with van der Waals surface area (Å²) in [6.07, 6.45) is 1.66. The highest BCUT2D eigenvalue weighted by Gasteiger charge is 2.15. The minimum Gasteiger partial charge on any atom is -0.497 e. The fourth-order valence-electron chi connectivity index (χ4n) is 3.11. The zero-order valence-corrected chi connectivity index (χ0v) is 18.4. The average Bonchev–Trinajstić information content (AvgIpc) is 2.79. The van der Waals surface area contributed by atoms with Crippen molar-refractivity contribution in [3.63, 3.8) is 0 Å². The Labute approximate surface area is 183 Å². The van der Waals surface area contributed by atoms with E-state index in [2.05, 4.69) is 10.0 Å². The van der Waals surface area contributed by atoms with Crippen LogP contribution in [-0.2, 0) is 16.4 Å². The molecule has 0 saturated carbocycles. The van der Waals surface area contributed by atoms with Crippen molar-refractivity contribution in [3.05, 3.63) is 89.5 Å². The highest BCUT2D eigenvalue weighted by Crippen LogP contribution is 2.21. The van der Waals surface area contributed by atoms with Crippen LogP contribution in [0.1, 0.15) is 27.9 Å². The molecular formula is C24H26N2O4S. The van der Waals surface area contributed by atoms with Crippen molar-refractivity contribution in [2.75, 3.05) is 18.4 Å². The lowest BCUT2D eigenvalue weighted by Crippen LogP contribution is -2.25. The van der Waals surface area contributed by atoms with Gasteiger partial charge >= 0.3 is 0 Å². The Morgan fingerprint density at radius 3 is 2.32 bits per heavy atom. The van der Waals surface area contributed by atoms with Gasteiger partial charge in [-0.15, -0.1) is 0 Å². The Hall–Kier alpha value is -3.32. The number of amides is 1. The predicted molar refractivity (Wildman–Crippen MR) is 122 cm³/mol. The fraction of sp³-hybridized carbons (Fsp3) is 0.208. The molecule has 3 rings (SSSR count). The van der Waals surface area contributed by atoms with Crippen LogP contribution in [0.4, 0.5) is 5.69 Å². The van der Waals surface area contributed by atoms with Gasteiger partial charge in [0.2, 0.25) is 0 Å². The van der Waals surface area contributed by atoms with Crippen LogP contribution < -0.4 is 14.8 Å². The number of aryl methyl sites for hydroxylation is 2. The van der Waals surface area contributed by atoms with E-state index in [-0.39, 0.29) is 10.8 Å². The Morgan fingerprint density at radius 2 is 1.68 bits per heavy atom. The maximum atomic E-state index is 12.5. The predicted octanol–water partition coefficient (Wildman–Crippen LogP) is 4.17. The van der Waals surface area contributed by atoms with E-state index < -0.39 is 10.0 Å². The summed E-state index contributed by atoms with van der Waals surface area (Å²) < 4.78 is 32.7. The third-order valence-electron chi connectivity index (χ3n) is 4.87. The van der Waals surface area contributed by atoms with Gasteiger partial charge in [-0.2, -0.15) is 0 Å². The number of rotatable bonds is 9. The fourth-order valence-corrected chi connectivity index (χ4v) is 4.26. The Balaban J connectivity index is 1.54. The maximum Gasteiger partial charge on any atom is 0.261 e. The number of ether oxygens (including phenoxy) is 1. The molecule has 0 fully saturated rings. The SMILES string of the molecule is COc1ccc(CCCNC(=O)c2ccc(NS(=O)(=O)c3ccccc3)c(C)c2)cc1. The molecule has 0 heterocycles. The number of sulfonamides is 1. The van der Waals surface area contributed by atoms with Gasteiger partial charge in [0, 0.05) is 12.1 Å². The number of hydrogen-bond acceptors (Lipinski definition) is 4. The topological polar surface area (TPSA) is 84.5 Å². The molecule has 0 unspecified atom stereocenters. The molecule has 0 aliphatic rings. The molecule has 0 bridgehead atoms. The highest BCUT2D eigenvalue weighted by atomic mass is 32.2.